The van der Waals surface area contributed by atoms with Crippen LogP contribution in [0.4, 0.5) is 0 Å². The zero-order valence-electron chi connectivity index (χ0n) is 11.4. The first-order valence-electron chi connectivity index (χ1n) is 7.30. The molecule has 0 radical (unpaired) electrons. The first-order chi connectivity index (χ1) is 8.48. The third-order valence-corrected chi connectivity index (χ3v) is 5.48. The highest BCUT2D eigenvalue weighted by Gasteiger charge is 2.54. The summed E-state index contributed by atoms with van der Waals surface area (Å²) in [6, 6.07) is -0.328. The Morgan fingerprint density at radius 2 is 1.50 bits per heavy atom. The quantitative estimate of drug-likeness (QED) is 0.834. The van der Waals surface area contributed by atoms with E-state index in [9.17, 15) is 9.59 Å². The number of hydrogen-bond acceptors (Lipinski definition) is 2. The summed E-state index contributed by atoms with van der Waals surface area (Å²) < 4.78 is 0. The van der Waals surface area contributed by atoms with Crippen LogP contribution < -0.4 is 5.32 Å². The Bertz CT molecular complexity index is 353. The Kier molecular flexibility index (Phi) is 2.76. The molecular formula is C15H23NO2. The zero-order valence-corrected chi connectivity index (χ0v) is 11.4. The number of hydrogen-bond donors (Lipinski definition) is 1. The van der Waals surface area contributed by atoms with Gasteiger partial charge in [0.25, 0.3) is 0 Å². The van der Waals surface area contributed by atoms with Gasteiger partial charge < -0.3 is 5.32 Å². The molecule has 0 heterocycles. The summed E-state index contributed by atoms with van der Waals surface area (Å²) in [4.78, 5) is 23.8. The maximum atomic E-state index is 12.5. The molecule has 1 unspecified atom stereocenters. The molecular weight excluding hydrogens is 226 g/mol. The molecule has 4 aliphatic carbocycles. The molecule has 4 fully saturated rings. The number of Topliss-reactive ketones (excluding diaryl/α,β-unsaturated/α-hetero) is 1. The van der Waals surface area contributed by atoms with Crippen LogP contribution in [0.25, 0.3) is 0 Å². The molecule has 0 aromatic rings. The molecule has 0 spiro atoms. The van der Waals surface area contributed by atoms with Crippen molar-refractivity contribution in [1.82, 2.24) is 5.32 Å². The van der Waals surface area contributed by atoms with E-state index in [0.717, 1.165) is 37.0 Å². The Morgan fingerprint density at radius 3 is 1.89 bits per heavy atom. The van der Waals surface area contributed by atoms with Gasteiger partial charge in [-0.05, 0) is 70.1 Å². The Balaban J connectivity index is 1.75. The Morgan fingerprint density at radius 1 is 1.06 bits per heavy atom. The van der Waals surface area contributed by atoms with Gasteiger partial charge in [-0.25, -0.2) is 0 Å². The lowest BCUT2D eigenvalue weighted by molar-refractivity contribution is -0.148. The fraction of sp³-hybridized carbons (Fsp3) is 0.867. The van der Waals surface area contributed by atoms with Gasteiger partial charge in [-0.1, -0.05) is 0 Å². The van der Waals surface area contributed by atoms with Crippen molar-refractivity contribution in [3.8, 4) is 0 Å². The van der Waals surface area contributed by atoms with Gasteiger partial charge in [0, 0.05) is 5.41 Å². The van der Waals surface area contributed by atoms with Gasteiger partial charge in [0.05, 0.1) is 6.04 Å². The van der Waals surface area contributed by atoms with E-state index in [2.05, 4.69) is 5.32 Å². The van der Waals surface area contributed by atoms with Crippen molar-refractivity contribution in [2.75, 3.05) is 0 Å². The van der Waals surface area contributed by atoms with Crippen LogP contribution in [0.2, 0.25) is 0 Å². The molecule has 18 heavy (non-hydrogen) atoms. The lowest BCUT2D eigenvalue weighted by Crippen LogP contribution is -2.55. The molecule has 1 N–H and O–H groups in total. The summed E-state index contributed by atoms with van der Waals surface area (Å²) >= 11 is 0. The number of amides is 1. The molecule has 0 aromatic carbocycles. The Labute approximate surface area is 109 Å². The molecule has 0 saturated heterocycles. The van der Waals surface area contributed by atoms with Crippen LogP contribution in [-0.2, 0) is 9.59 Å². The summed E-state index contributed by atoms with van der Waals surface area (Å²) in [5.41, 5.74) is -0.127. The molecule has 1 atom stereocenters. The summed E-state index contributed by atoms with van der Waals surface area (Å²) in [6.45, 7) is 3.34. The SMILES string of the molecule is CC(=O)C(C)NC(=O)C12CC3CC(CC(C3)C1)C2. The van der Waals surface area contributed by atoms with Crippen molar-refractivity contribution in [3.63, 3.8) is 0 Å². The minimum Gasteiger partial charge on any atom is -0.346 e. The number of carbonyl (C=O) groups excluding carboxylic acids is 2. The lowest BCUT2D eigenvalue weighted by atomic mass is 9.49. The van der Waals surface area contributed by atoms with Gasteiger partial charge in [-0.2, -0.15) is 0 Å². The van der Waals surface area contributed by atoms with Gasteiger partial charge in [-0.3, -0.25) is 9.59 Å². The normalized spacial score (nSPS) is 42.7. The summed E-state index contributed by atoms with van der Waals surface area (Å²) in [5, 5.41) is 2.95. The summed E-state index contributed by atoms with van der Waals surface area (Å²) in [5.74, 6) is 2.52. The summed E-state index contributed by atoms with van der Waals surface area (Å²) in [7, 11) is 0. The highest BCUT2D eigenvalue weighted by molar-refractivity contribution is 5.90. The van der Waals surface area contributed by atoms with Crippen molar-refractivity contribution in [2.24, 2.45) is 23.2 Å². The molecule has 4 bridgehead atoms. The molecule has 4 saturated carbocycles. The number of nitrogens with one attached hydrogen (secondary N) is 1. The van der Waals surface area contributed by atoms with Gasteiger partial charge in [-0.15, -0.1) is 0 Å². The molecule has 1 amide bonds. The highest BCUT2D eigenvalue weighted by Crippen LogP contribution is 2.60. The molecule has 4 rings (SSSR count). The van der Waals surface area contributed by atoms with Crippen LogP contribution in [0.5, 0.6) is 0 Å². The monoisotopic (exact) mass is 249 g/mol. The van der Waals surface area contributed by atoms with Gasteiger partial charge in [0.1, 0.15) is 0 Å². The number of carbonyl (C=O) groups is 2. The third kappa shape index (κ3) is 1.88. The van der Waals surface area contributed by atoms with E-state index < -0.39 is 0 Å². The van der Waals surface area contributed by atoms with Crippen molar-refractivity contribution >= 4 is 11.7 Å². The summed E-state index contributed by atoms with van der Waals surface area (Å²) in [6.07, 6.45) is 7.22. The van der Waals surface area contributed by atoms with E-state index in [-0.39, 0.29) is 23.1 Å². The largest absolute Gasteiger partial charge is 0.346 e. The van der Waals surface area contributed by atoms with Crippen LogP contribution in [0.1, 0.15) is 52.4 Å². The van der Waals surface area contributed by atoms with Gasteiger partial charge in [0.15, 0.2) is 5.78 Å². The van der Waals surface area contributed by atoms with Crippen molar-refractivity contribution in [3.05, 3.63) is 0 Å². The lowest BCUT2D eigenvalue weighted by Gasteiger charge is -2.55. The fourth-order valence-electron chi connectivity index (χ4n) is 4.84. The molecule has 100 valence electrons. The second-order valence-electron chi connectivity index (χ2n) is 7.00. The first-order valence-corrected chi connectivity index (χ1v) is 7.30. The highest BCUT2D eigenvalue weighted by atomic mass is 16.2. The number of ketones is 1. The van der Waals surface area contributed by atoms with E-state index >= 15 is 0 Å². The van der Waals surface area contributed by atoms with E-state index in [4.69, 9.17) is 0 Å². The fourth-order valence-corrected chi connectivity index (χ4v) is 4.84. The smallest absolute Gasteiger partial charge is 0.226 e. The molecule has 0 aromatic heterocycles. The van der Waals surface area contributed by atoms with E-state index in [1.54, 1.807) is 13.8 Å². The topological polar surface area (TPSA) is 46.2 Å². The first kappa shape index (κ1) is 12.2. The second-order valence-corrected chi connectivity index (χ2v) is 7.00. The van der Waals surface area contributed by atoms with Crippen LogP contribution in [0, 0.1) is 23.2 Å². The Hall–Kier alpha value is -0.860. The second kappa shape index (κ2) is 4.07. The maximum absolute atomic E-state index is 12.5. The zero-order chi connectivity index (χ0) is 12.9. The molecule has 0 aliphatic heterocycles. The van der Waals surface area contributed by atoms with Crippen LogP contribution in [-0.4, -0.2) is 17.7 Å². The van der Waals surface area contributed by atoms with E-state index in [1.165, 1.54) is 19.3 Å². The van der Waals surface area contributed by atoms with Crippen molar-refractivity contribution in [1.29, 1.82) is 0 Å². The average molecular weight is 249 g/mol. The van der Waals surface area contributed by atoms with E-state index in [1.807, 2.05) is 0 Å². The number of rotatable bonds is 3. The molecule has 3 nitrogen and oxygen atoms in total. The van der Waals surface area contributed by atoms with Crippen molar-refractivity contribution in [2.45, 2.75) is 58.4 Å². The van der Waals surface area contributed by atoms with Crippen LogP contribution in [0.15, 0.2) is 0 Å². The predicted molar refractivity (Wildman–Crippen MR) is 68.9 cm³/mol. The average Bonchev–Trinajstić information content (AvgIpc) is 2.26. The predicted octanol–water partition coefficient (Wildman–Crippen LogP) is 2.30. The van der Waals surface area contributed by atoms with Gasteiger partial charge >= 0.3 is 0 Å². The van der Waals surface area contributed by atoms with Gasteiger partial charge in [0.2, 0.25) is 5.91 Å². The maximum Gasteiger partial charge on any atom is 0.226 e. The standard InChI is InChI=1S/C15H23NO2/c1-9(10(2)17)16-14(18)15-6-11-3-12(7-15)5-13(4-11)8-15/h9,11-13H,3-8H2,1-2H3,(H,16,18). The van der Waals surface area contributed by atoms with Crippen LogP contribution in [0.3, 0.4) is 0 Å². The van der Waals surface area contributed by atoms with Crippen molar-refractivity contribution < 1.29 is 9.59 Å². The van der Waals surface area contributed by atoms with E-state index in [0.29, 0.717) is 0 Å². The molecule has 4 aliphatic rings. The van der Waals surface area contributed by atoms with Crippen LogP contribution >= 0.6 is 0 Å². The minimum atomic E-state index is -0.328. The molecule has 3 heteroatoms. The minimum absolute atomic E-state index is 0.0491. The third-order valence-electron chi connectivity index (χ3n) is 5.48.